The van der Waals surface area contributed by atoms with E-state index < -0.39 is 17.4 Å². The molecule has 2 heterocycles. The van der Waals surface area contributed by atoms with Crippen LogP contribution in [0.25, 0.3) is 0 Å². The third kappa shape index (κ3) is 4.05. The molecule has 27 heavy (non-hydrogen) atoms. The molecular formula is C19H24N2O6. The van der Waals surface area contributed by atoms with Crippen LogP contribution in [0, 0.1) is 0 Å². The second-order valence-corrected chi connectivity index (χ2v) is 7.58. The minimum absolute atomic E-state index is 0.0764. The van der Waals surface area contributed by atoms with E-state index in [2.05, 4.69) is 0 Å². The third-order valence-electron chi connectivity index (χ3n) is 4.40. The zero-order valence-electron chi connectivity index (χ0n) is 16.0. The van der Waals surface area contributed by atoms with Crippen LogP contribution in [0.1, 0.15) is 54.3 Å². The molecular weight excluding hydrogens is 352 g/mol. The van der Waals surface area contributed by atoms with Gasteiger partial charge in [0.25, 0.3) is 11.8 Å². The first-order valence-corrected chi connectivity index (χ1v) is 8.91. The SMILES string of the molecule is CON1C(=O)c2ccc(OC3CCN(C(=O)OC(C)(C)C)CC3)cc2C1=O. The first kappa shape index (κ1) is 19.2. The number of rotatable bonds is 3. The molecule has 0 saturated carbocycles. The molecule has 1 aromatic rings. The van der Waals surface area contributed by atoms with Gasteiger partial charge in [0.1, 0.15) is 17.5 Å². The number of imide groups is 1. The Morgan fingerprint density at radius 3 is 2.30 bits per heavy atom. The number of carbonyl (C=O) groups excluding carboxylic acids is 3. The molecule has 2 aliphatic rings. The molecule has 0 aromatic heterocycles. The molecule has 0 atom stereocenters. The molecule has 1 aromatic carbocycles. The summed E-state index contributed by atoms with van der Waals surface area (Å²) < 4.78 is 11.3. The van der Waals surface area contributed by atoms with Crippen LogP contribution in [0.4, 0.5) is 4.79 Å². The maximum atomic E-state index is 12.2. The largest absolute Gasteiger partial charge is 0.490 e. The van der Waals surface area contributed by atoms with Crippen molar-refractivity contribution in [2.75, 3.05) is 20.2 Å². The highest BCUT2D eigenvalue weighted by Crippen LogP contribution is 2.28. The predicted octanol–water partition coefficient (Wildman–Crippen LogP) is 2.62. The molecule has 1 fully saturated rings. The van der Waals surface area contributed by atoms with Crippen LogP contribution in [-0.4, -0.2) is 59.8 Å². The monoisotopic (exact) mass is 376 g/mol. The van der Waals surface area contributed by atoms with Crippen molar-refractivity contribution >= 4 is 17.9 Å². The van der Waals surface area contributed by atoms with Gasteiger partial charge in [-0.2, -0.15) is 0 Å². The molecule has 0 aliphatic carbocycles. The van der Waals surface area contributed by atoms with Gasteiger partial charge in [0.05, 0.1) is 18.2 Å². The first-order chi connectivity index (χ1) is 12.7. The average molecular weight is 376 g/mol. The summed E-state index contributed by atoms with van der Waals surface area (Å²) >= 11 is 0. The van der Waals surface area contributed by atoms with E-state index in [9.17, 15) is 14.4 Å². The Kier molecular flexibility index (Phi) is 5.10. The number of hydrogen-bond donors (Lipinski definition) is 0. The van der Waals surface area contributed by atoms with Crippen molar-refractivity contribution in [3.05, 3.63) is 29.3 Å². The van der Waals surface area contributed by atoms with Crippen molar-refractivity contribution in [2.24, 2.45) is 0 Å². The van der Waals surface area contributed by atoms with Crippen LogP contribution >= 0.6 is 0 Å². The molecule has 3 amide bonds. The number of likely N-dealkylation sites (tertiary alicyclic amines) is 1. The molecule has 3 rings (SSSR count). The van der Waals surface area contributed by atoms with Gasteiger partial charge in [-0.1, -0.05) is 0 Å². The van der Waals surface area contributed by atoms with E-state index in [-0.39, 0.29) is 17.8 Å². The Morgan fingerprint density at radius 1 is 1.07 bits per heavy atom. The number of amides is 3. The van der Waals surface area contributed by atoms with E-state index in [0.717, 1.165) is 5.06 Å². The summed E-state index contributed by atoms with van der Waals surface area (Å²) in [6.07, 6.45) is 0.926. The van der Waals surface area contributed by atoms with Gasteiger partial charge in [-0.05, 0) is 39.0 Å². The Balaban J connectivity index is 1.59. The number of benzene rings is 1. The zero-order chi connectivity index (χ0) is 19.8. The van der Waals surface area contributed by atoms with Crippen LogP contribution in [0.3, 0.4) is 0 Å². The van der Waals surface area contributed by atoms with Crippen LogP contribution < -0.4 is 4.74 Å². The van der Waals surface area contributed by atoms with Crippen LogP contribution in [0.5, 0.6) is 5.75 Å². The number of piperidine rings is 1. The number of nitrogens with zero attached hydrogens (tertiary/aromatic N) is 2. The highest BCUT2D eigenvalue weighted by Gasteiger charge is 2.37. The number of ether oxygens (including phenoxy) is 2. The summed E-state index contributed by atoms with van der Waals surface area (Å²) in [5.74, 6) is -0.457. The molecule has 0 unspecified atom stereocenters. The van der Waals surface area contributed by atoms with Gasteiger partial charge in [0, 0.05) is 25.9 Å². The van der Waals surface area contributed by atoms with Crippen LogP contribution in [-0.2, 0) is 9.57 Å². The van der Waals surface area contributed by atoms with E-state index in [1.165, 1.54) is 7.11 Å². The molecule has 8 nitrogen and oxygen atoms in total. The number of hydrogen-bond acceptors (Lipinski definition) is 6. The number of hydroxylamine groups is 2. The molecule has 0 radical (unpaired) electrons. The van der Waals surface area contributed by atoms with Gasteiger partial charge < -0.3 is 14.4 Å². The second-order valence-electron chi connectivity index (χ2n) is 7.58. The Morgan fingerprint density at radius 2 is 1.70 bits per heavy atom. The van der Waals surface area contributed by atoms with Crippen molar-refractivity contribution in [2.45, 2.75) is 45.3 Å². The van der Waals surface area contributed by atoms with E-state index >= 15 is 0 Å². The standard InChI is InChI=1S/C19H24N2O6/c1-19(2,3)27-18(24)20-9-7-12(8-10-20)26-13-5-6-14-15(11-13)17(23)21(25-4)16(14)22/h5-6,11-12H,7-10H2,1-4H3. The lowest BCUT2D eigenvalue weighted by Gasteiger charge is -2.33. The lowest BCUT2D eigenvalue weighted by atomic mass is 10.1. The number of carbonyl (C=O) groups is 3. The van der Waals surface area contributed by atoms with Gasteiger partial charge in [0.2, 0.25) is 0 Å². The van der Waals surface area contributed by atoms with Gasteiger partial charge in [-0.15, -0.1) is 5.06 Å². The maximum absolute atomic E-state index is 12.2. The Hall–Kier alpha value is -2.61. The fourth-order valence-electron chi connectivity index (χ4n) is 3.11. The van der Waals surface area contributed by atoms with E-state index in [0.29, 0.717) is 37.2 Å². The zero-order valence-corrected chi connectivity index (χ0v) is 16.0. The summed E-state index contributed by atoms with van der Waals surface area (Å²) in [7, 11) is 1.28. The Bertz CT molecular complexity index is 762. The second kappa shape index (κ2) is 7.19. The summed E-state index contributed by atoms with van der Waals surface area (Å²) in [5, 5.41) is 0.730. The molecule has 0 N–H and O–H groups in total. The van der Waals surface area contributed by atoms with Crippen molar-refractivity contribution in [1.29, 1.82) is 0 Å². The predicted molar refractivity (Wildman–Crippen MR) is 95.4 cm³/mol. The van der Waals surface area contributed by atoms with Crippen molar-refractivity contribution in [3.8, 4) is 5.75 Å². The molecule has 8 heteroatoms. The Labute approximate surface area is 157 Å². The summed E-state index contributed by atoms with van der Waals surface area (Å²) in [4.78, 5) is 42.8. The van der Waals surface area contributed by atoms with Crippen molar-refractivity contribution in [3.63, 3.8) is 0 Å². The quantitative estimate of drug-likeness (QED) is 0.754. The smallest absolute Gasteiger partial charge is 0.410 e. The third-order valence-corrected chi connectivity index (χ3v) is 4.40. The highest BCUT2D eigenvalue weighted by molar-refractivity contribution is 6.20. The fourth-order valence-corrected chi connectivity index (χ4v) is 3.11. The van der Waals surface area contributed by atoms with Crippen molar-refractivity contribution < 1.29 is 28.7 Å². The molecule has 1 saturated heterocycles. The summed E-state index contributed by atoms with van der Waals surface area (Å²) in [6, 6.07) is 4.80. The van der Waals surface area contributed by atoms with Crippen LogP contribution in [0.15, 0.2) is 18.2 Å². The lowest BCUT2D eigenvalue weighted by molar-refractivity contribution is -0.0645. The van der Waals surface area contributed by atoms with E-state index in [4.69, 9.17) is 14.3 Å². The summed E-state index contributed by atoms with van der Waals surface area (Å²) in [6.45, 7) is 6.60. The molecule has 146 valence electrons. The van der Waals surface area contributed by atoms with E-state index in [1.54, 1.807) is 23.1 Å². The lowest BCUT2D eigenvalue weighted by Crippen LogP contribution is -2.44. The fraction of sp³-hybridized carbons (Fsp3) is 0.526. The summed E-state index contributed by atoms with van der Waals surface area (Å²) in [5.41, 5.74) is 0.0500. The first-order valence-electron chi connectivity index (χ1n) is 8.91. The van der Waals surface area contributed by atoms with Crippen LogP contribution in [0.2, 0.25) is 0 Å². The topological polar surface area (TPSA) is 85.4 Å². The van der Waals surface area contributed by atoms with Gasteiger partial charge >= 0.3 is 6.09 Å². The maximum Gasteiger partial charge on any atom is 0.410 e. The normalized spacial score (nSPS) is 17.9. The molecule has 2 aliphatic heterocycles. The van der Waals surface area contributed by atoms with Gasteiger partial charge in [-0.3, -0.25) is 14.4 Å². The molecule has 0 bridgehead atoms. The highest BCUT2D eigenvalue weighted by atomic mass is 16.7. The minimum atomic E-state index is -0.519. The average Bonchev–Trinajstić information content (AvgIpc) is 2.84. The van der Waals surface area contributed by atoms with E-state index in [1.807, 2.05) is 20.8 Å². The number of fused-ring (bicyclic) bond motifs is 1. The molecule has 0 spiro atoms. The van der Waals surface area contributed by atoms with Gasteiger partial charge in [0.15, 0.2) is 0 Å². The van der Waals surface area contributed by atoms with Gasteiger partial charge in [-0.25, -0.2) is 4.79 Å². The van der Waals surface area contributed by atoms with Crippen molar-refractivity contribution in [1.82, 2.24) is 9.96 Å². The minimum Gasteiger partial charge on any atom is -0.490 e.